The number of carbonyl (C=O) groups is 2. The van der Waals surface area contributed by atoms with Crippen molar-refractivity contribution >= 4 is 12.3 Å². The van der Waals surface area contributed by atoms with Gasteiger partial charge in [0.15, 0.2) is 0 Å². The Morgan fingerprint density at radius 2 is 2.03 bits per heavy atom. The van der Waals surface area contributed by atoms with E-state index in [-0.39, 0.29) is 17.3 Å². The number of halogens is 3. The van der Waals surface area contributed by atoms with Crippen LogP contribution in [0.5, 0.6) is 0 Å². The molecule has 4 aliphatic carbocycles. The summed E-state index contributed by atoms with van der Waals surface area (Å²) in [5.74, 6) is -1.47. The van der Waals surface area contributed by atoms with Crippen molar-refractivity contribution in [3.63, 3.8) is 0 Å². The van der Waals surface area contributed by atoms with E-state index in [1.807, 2.05) is 12.2 Å². The van der Waals surface area contributed by atoms with Gasteiger partial charge in [-0.25, -0.2) is 4.79 Å². The van der Waals surface area contributed by atoms with Crippen LogP contribution in [-0.4, -0.2) is 24.5 Å². The summed E-state index contributed by atoms with van der Waals surface area (Å²) in [5, 5.41) is 0. The average Bonchev–Trinajstić information content (AvgIpc) is 3.01. The van der Waals surface area contributed by atoms with Gasteiger partial charge in [0.1, 0.15) is 12.4 Å². The Morgan fingerprint density at radius 3 is 2.67 bits per heavy atom. The molecule has 2 fully saturated rings. The van der Waals surface area contributed by atoms with Crippen LogP contribution in [0, 0.1) is 34.5 Å². The first-order valence-electron chi connectivity index (χ1n) is 11.2. The lowest BCUT2D eigenvalue weighted by Gasteiger charge is -2.59. The van der Waals surface area contributed by atoms with Gasteiger partial charge >= 0.3 is 12.1 Å². The first-order chi connectivity index (χ1) is 14.1. The lowest BCUT2D eigenvalue weighted by Crippen LogP contribution is -2.57. The van der Waals surface area contributed by atoms with Gasteiger partial charge in [-0.3, -0.25) is 4.79 Å². The summed E-state index contributed by atoms with van der Waals surface area (Å²) in [6.45, 7) is 6.37. The van der Waals surface area contributed by atoms with Crippen molar-refractivity contribution in [1.82, 2.24) is 0 Å². The van der Waals surface area contributed by atoms with Gasteiger partial charge in [-0.15, -0.1) is 0 Å². The average molecular weight is 425 g/mol. The highest BCUT2D eigenvalue weighted by atomic mass is 19.4. The molecule has 2 saturated carbocycles. The summed E-state index contributed by atoms with van der Waals surface area (Å²) in [6.07, 6.45) is 4.83. The Morgan fingerprint density at radius 1 is 1.30 bits per heavy atom. The van der Waals surface area contributed by atoms with Gasteiger partial charge < -0.3 is 4.74 Å². The maximum atomic E-state index is 13.1. The molecule has 0 heterocycles. The molecule has 0 aliphatic heterocycles. The van der Waals surface area contributed by atoms with Gasteiger partial charge in [0.25, 0.3) is 0 Å². The van der Waals surface area contributed by atoms with Gasteiger partial charge in [-0.2, -0.15) is 13.2 Å². The third-order valence-corrected chi connectivity index (χ3v) is 9.02. The van der Waals surface area contributed by atoms with Crippen LogP contribution in [-0.2, 0) is 14.3 Å². The fraction of sp³-hybridized carbons (Fsp3) is 0.750. The van der Waals surface area contributed by atoms with Crippen LogP contribution in [0.3, 0.4) is 0 Å². The molecule has 0 unspecified atom stereocenters. The number of carbonyl (C=O) groups excluding carboxylic acids is 2. The number of alkyl halides is 3. The van der Waals surface area contributed by atoms with E-state index in [4.69, 9.17) is 4.74 Å². The molecule has 0 spiro atoms. The largest absolute Gasteiger partial charge is 0.490 e. The summed E-state index contributed by atoms with van der Waals surface area (Å²) in [7, 11) is 0. The molecule has 0 amide bonds. The molecule has 4 aliphatic rings. The Bertz CT molecular complexity index is 798. The second-order valence-electron chi connectivity index (χ2n) is 10.2. The van der Waals surface area contributed by atoms with Gasteiger partial charge in [0.2, 0.25) is 0 Å². The SMILES string of the molecule is CC[C@H]1CC[C@H]2[C@@H]3CC(C=O)=C4C=CCC[C@]4(C)[C@H]3[C@@H](OC(=O)C(F)(F)F)C[C@]12C. The fourth-order valence-corrected chi connectivity index (χ4v) is 7.80. The highest BCUT2D eigenvalue weighted by Crippen LogP contribution is 2.67. The monoisotopic (exact) mass is 424 g/mol. The number of ether oxygens (including phenoxy) is 1. The summed E-state index contributed by atoms with van der Waals surface area (Å²) in [5.41, 5.74) is 1.10. The second-order valence-corrected chi connectivity index (χ2v) is 10.2. The third-order valence-electron chi connectivity index (χ3n) is 9.02. The first-order valence-corrected chi connectivity index (χ1v) is 11.2. The van der Waals surface area contributed by atoms with E-state index < -0.39 is 23.7 Å². The molecule has 6 heteroatoms. The van der Waals surface area contributed by atoms with E-state index >= 15 is 0 Å². The third kappa shape index (κ3) is 3.08. The van der Waals surface area contributed by atoms with E-state index in [1.165, 1.54) is 0 Å². The number of esters is 1. The minimum Gasteiger partial charge on any atom is -0.455 e. The molecule has 0 aromatic rings. The van der Waals surface area contributed by atoms with Crippen LogP contribution in [0.25, 0.3) is 0 Å². The molecule has 0 radical (unpaired) electrons. The van der Waals surface area contributed by atoms with E-state index in [0.29, 0.717) is 24.7 Å². The number of rotatable bonds is 3. The molecule has 3 nitrogen and oxygen atoms in total. The second kappa shape index (κ2) is 7.23. The number of hydrogen-bond donors (Lipinski definition) is 0. The maximum absolute atomic E-state index is 13.1. The number of fused-ring (bicyclic) bond motifs is 5. The maximum Gasteiger partial charge on any atom is 0.490 e. The molecule has 166 valence electrons. The van der Waals surface area contributed by atoms with Crippen molar-refractivity contribution in [2.24, 2.45) is 34.5 Å². The molecule has 0 N–H and O–H groups in total. The van der Waals surface area contributed by atoms with Crippen LogP contribution in [0.2, 0.25) is 0 Å². The molecule has 4 rings (SSSR count). The molecular weight excluding hydrogens is 393 g/mol. The molecule has 0 aromatic carbocycles. The molecule has 0 bridgehead atoms. The van der Waals surface area contributed by atoms with Gasteiger partial charge in [0.05, 0.1) is 0 Å². The Kier molecular flexibility index (Phi) is 5.22. The zero-order chi connectivity index (χ0) is 21.9. The van der Waals surface area contributed by atoms with Crippen LogP contribution in [0.1, 0.15) is 65.7 Å². The lowest BCUT2D eigenvalue weighted by atomic mass is 9.46. The van der Waals surface area contributed by atoms with Crippen molar-refractivity contribution in [3.8, 4) is 0 Å². The molecule has 0 saturated heterocycles. The zero-order valence-corrected chi connectivity index (χ0v) is 17.9. The molecule has 7 atom stereocenters. The Hall–Kier alpha value is -1.59. The summed E-state index contributed by atoms with van der Waals surface area (Å²) in [6, 6.07) is 0. The Balaban J connectivity index is 1.82. The fourth-order valence-electron chi connectivity index (χ4n) is 7.80. The summed E-state index contributed by atoms with van der Waals surface area (Å²) < 4.78 is 44.7. The Labute approximate surface area is 176 Å². The van der Waals surface area contributed by atoms with Crippen molar-refractivity contribution in [1.29, 1.82) is 0 Å². The van der Waals surface area contributed by atoms with Gasteiger partial charge in [-0.05, 0) is 78.3 Å². The van der Waals surface area contributed by atoms with Gasteiger partial charge in [0, 0.05) is 5.92 Å². The van der Waals surface area contributed by atoms with E-state index in [1.54, 1.807) is 0 Å². The van der Waals surface area contributed by atoms with Crippen LogP contribution < -0.4 is 0 Å². The highest BCUT2D eigenvalue weighted by Gasteiger charge is 2.63. The van der Waals surface area contributed by atoms with Crippen LogP contribution >= 0.6 is 0 Å². The predicted molar refractivity (Wildman–Crippen MR) is 106 cm³/mol. The molecular formula is C24H31F3O3. The normalized spacial score (nSPS) is 42.9. The highest BCUT2D eigenvalue weighted by molar-refractivity contribution is 5.77. The van der Waals surface area contributed by atoms with Gasteiger partial charge in [-0.1, -0.05) is 39.3 Å². The molecule has 30 heavy (non-hydrogen) atoms. The van der Waals surface area contributed by atoms with Crippen LogP contribution in [0.15, 0.2) is 23.3 Å². The van der Waals surface area contributed by atoms with E-state index in [2.05, 4.69) is 20.8 Å². The quantitative estimate of drug-likeness (QED) is 0.425. The zero-order valence-electron chi connectivity index (χ0n) is 17.9. The predicted octanol–water partition coefficient (Wildman–Crippen LogP) is 5.79. The summed E-state index contributed by atoms with van der Waals surface area (Å²) >= 11 is 0. The first kappa shape index (κ1) is 21.6. The van der Waals surface area contributed by atoms with Crippen molar-refractivity contribution < 1.29 is 27.5 Å². The van der Waals surface area contributed by atoms with Crippen LogP contribution in [0.4, 0.5) is 13.2 Å². The topological polar surface area (TPSA) is 43.4 Å². The van der Waals surface area contributed by atoms with E-state index in [9.17, 15) is 22.8 Å². The standard InChI is InChI=1S/C24H31F3O3/c1-4-15-8-9-18-16-11-14(13-28)17-7-5-6-10-22(17,2)20(16)19(12-23(15,18)3)30-21(29)24(25,26)27/h5,7,13,15-16,18-20H,4,6,8-12H2,1-3H3/t15-,16-,18-,19-,20+,22-,23+/m0/s1. The summed E-state index contributed by atoms with van der Waals surface area (Å²) in [4.78, 5) is 23.9. The smallest absolute Gasteiger partial charge is 0.455 e. The number of aldehydes is 1. The van der Waals surface area contributed by atoms with Crippen molar-refractivity contribution in [2.45, 2.75) is 78.0 Å². The lowest BCUT2D eigenvalue weighted by molar-refractivity contribution is -0.220. The van der Waals surface area contributed by atoms with E-state index in [0.717, 1.165) is 49.5 Å². The number of hydrogen-bond acceptors (Lipinski definition) is 3. The molecule has 0 aromatic heterocycles. The van der Waals surface area contributed by atoms with Crippen molar-refractivity contribution in [3.05, 3.63) is 23.3 Å². The van der Waals surface area contributed by atoms with Crippen molar-refractivity contribution in [2.75, 3.05) is 0 Å². The number of allylic oxidation sites excluding steroid dienone is 4. The minimum absolute atomic E-state index is 0.0618. The minimum atomic E-state index is -5.00.